The fourth-order valence-corrected chi connectivity index (χ4v) is 3.36. The lowest BCUT2D eigenvalue weighted by Gasteiger charge is -2.28. The minimum atomic E-state index is 0.623. The van der Waals surface area contributed by atoms with Crippen LogP contribution in [0.1, 0.15) is 62.0 Å². The van der Waals surface area contributed by atoms with Gasteiger partial charge in [0.2, 0.25) is 0 Å². The third-order valence-corrected chi connectivity index (χ3v) is 4.61. The van der Waals surface area contributed by atoms with Crippen molar-refractivity contribution < 1.29 is 0 Å². The summed E-state index contributed by atoms with van der Waals surface area (Å²) in [6.45, 7) is 7.35. The molecule has 0 unspecified atom stereocenters. The third kappa shape index (κ3) is 2.61. The van der Waals surface area contributed by atoms with Crippen molar-refractivity contribution in [2.24, 2.45) is 11.7 Å². The minimum Gasteiger partial charge on any atom is -0.330 e. The molecule has 1 aliphatic rings. The number of aromatic nitrogens is 2. The SMILES string of the molecule is CCC1CCC(n2nc(C)c(CCN)c2C)CC1. The second kappa shape index (κ2) is 5.87. The summed E-state index contributed by atoms with van der Waals surface area (Å²) in [5.41, 5.74) is 9.58. The monoisotopic (exact) mass is 249 g/mol. The molecule has 1 saturated carbocycles. The smallest absolute Gasteiger partial charge is 0.0629 e. The highest BCUT2D eigenvalue weighted by Gasteiger charge is 2.24. The standard InChI is InChI=1S/C15H27N3/c1-4-13-5-7-14(8-6-13)18-12(3)15(9-10-16)11(2)17-18/h13-14H,4-10,16H2,1-3H3. The maximum absolute atomic E-state index is 5.69. The van der Waals surface area contributed by atoms with Crippen LogP contribution in [0.3, 0.4) is 0 Å². The van der Waals surface area contributed by atoms with Crippen molar-refractivity contribution in [3.63, 3.8) is 0 Å². The Morgan fingerprint density at radius 1 is 1.22 bits per heavy atom. The predicted octanol–water partition coefficient (Wildman–Crippen LogP) is 3.14. The summed E-state index contributed by atoms with van der Waals surface area (Å²) >= 11 is 0. The summed E-state index contributed by atoms with van der Waals surface area (Å²) in [6.07, 6.45) is 7.62. The number of aryl methyl sites for hydroxylation is 1. The number of hydrogen-bond acceptors (Lipinski definition) is 2. The highest BCUT2D eigenvalue weighted by Crippen LogP contribution is 2.34. The third-order valence-electron chi connectivity index (χ3n) is 4.61. The lowest BCUT2D eigenvalue weighted by molar-refractivity contribution is 0.253. The molecule has 0 aromatic carbocycles. The molecule has 18 heavy (non-hydrogen) atoms. The van der Waals surface area contributed by atoms with Gasteiger partial charge < -0.3 is 5.73 Å². The first kappa shape index (κ1) is 13.6. The summed E-state index contributed by atoms with van der Waals surface area (Å²) in [5, 5.41) is 4.76. The Morgan fingerprint density at radius 2 is 1.89 bits per heavy atom. The maximum atomic E-state index is 5.69. The lowest BCUT2D eigenvalue weighted by atomic mass is 9.84. The fourth-order valence-electron chi connectivity index (χ4n) is 3.36. The fraction of sp³-hybridized carbons (Fsp3) is 0.800. The van der Waals surface area contributed by atoms with E-state index in [4.69, 9.17) is 10.8 Å². The van der Waals surface area contributed by atoms with Crippen LogP contribution in [0.15, 0.2) is 0 Å². The van der Waals surface area contributed by atoms with Gasteiger partial charge in [0.1, 0.15) is 0 Å². The summed E-state index contributed by atoms with van der Waals surface area (Å²) in [5.74, 6) is 0.946. The van der Waals surface area contributed by atoms with Gasteiger partial charge in [-0.05, 0) is 64.0 Å². The van der Waals surface area contributed by atoms with Crippen molar-refractivity contribution in [2.45, 2.75) is 65.3 Å². The summed E-state index contributed by atoms with van der Waals surface area (Å²) < 4.78 is 2.28. The molecule has 0 saturated heterocycles. The Balaban J connectivity index is 2.12. The van der Waals surface area contributed by atoms with E-state index in [2.05, 4.69) is 25.5 Å². The average molecular weight is 249 g/mol. The molecule has 102 valence electrons. The normalized spacial score (nSPS) is 24.4. The molecule has 1 aromatic rings. The molecular weight excluding hydrogens is 222 g/mol. The molecule has 3 heteroatoms. The molecule has 1 fully saturated rings. The molecule has 0 radical (unpaired) electrons. The molecule has 0 spiro atoms. The molecule has 1 heterocycles. The first-order chi connectivity index (χ1) is 8.67. The van der Waals surface area contributed by atoms with Crippen LogP contribution in [-0.4, -0.2) is 16.3 Å². The minimum absolute atomic E-state index is 0.623. The second-order valence-electron chi connectivity index (χ2n) is 5.72. The van der Waals surface area contributed by atoms with Gasteiger partial charge in [0.15, 0.2) is 0 Å². The molecule has 2 rings (SSSR count). The van der Waals surface area contributed by atoms with Crippen molar-refractivity contribution in [2.75, 3.05) is 6.54 Å². The Kier molecular flexibility index (Phi) is 4.44. The van der Waals surface area contributed by atoms with E-state index in [1.165, 1.54) is 49.1 Å². The van der Waals surface area contributed by atoms with Crippen molar-refractivity contribution >= 4 is 0 Å². The first-order valence-corrected chi connectivity index (χ1v) is 7.42. The Morgan fingerprint density at radius 3 is 2.44 bits per heavy atom. The zero-order valence-corrected chi connectivity index (χ0v) is 12.1. The van der Waals surface area contributed by atoms with Crippen LogP contribution in [0.2, 0.25) is 0 Å². The molecule has 3 nitrogen and oxygen atoms in total. The van der Waals surface area contributed by atoms with Crippen LogP contribution in [0.25, 0.3) is 0 Å². The topological polar surface area (TPSA) is 43.8 Å². The predicted molar refractivity (Wildman–Crippen MR) is 75.7 cm³/mol. The van der Waals surface area contributed by atoms with Gasteiger partial charge in [0.05, 0.1) is 11.7 Å². The molecule has 0 bridgehead atoms. The first-order valence-electron chi connectivity index (χ1n) is 7.42. The summed E-state index contributed by atoms with van der Waals surface area (Å²) in [7, 11) is 0. The van der Waals surface area contributed by atoms with Gasteiger partial charge in [-0.1, -0.05) is 13.3 Å². The van der Waals surface area contributed by atoms with E-state index in [-0.39, 0.29) is 0 Å². The highest BCUT2D eigenvalue weighted by atomic mass is 15.3. The van der Waals surface area contributed by atoms with Gasteiger partial charge in [0, 0.05) is 5.69 Å². The van der Waals surface area contributed by atoms with Gasteiger partial charge in [-0.3, -0.25) is 4.68 Å². The molecule has 0 aliphatic heterocycles. The summed E-state index contributed by atoms with van der Waals surface area (Å²) in [4.78, 5) is 0. The van der Waals surface area contributed by atoms with Crippen LogP contribution >= 0.6 is 0 Å². The van der Waals surface area contributed by atoms with Gasteiger partial charge in [-0.2, -0.15) is 5.10 Å². The van der Waals surface area contributed by atoms with Crippen molar-refractivity contribution in [1.82, 2.24) is 9.78 Å². The lowest BCUT2D eigenvalue weighted by Crippen LogP contribution is -2.20. The highest BCUT2D eigenvalue weighted by molar-refractivity contribution is 5.25. The van der Waals surface area contributed by atoms with Crippen molar-refractivity contribution in [3.05, 3.63) is 17.0 Å². The van der Waals surface area contributed by atoms with E-state index < -0.39 is 0 Å². The second-order valence-corrected chi connectivity index (χ2v) is 5.72. The van der Waals surface area contributed by atoms with Crippen molar-refractivity contribution in [3.8, 4) is 0 Å². The number of hydrogen-bond donors (Lipinski definition) is 1. The molecule has 1 aliphatic carbocycles. The maximum Gasteiger partial charge on any atom is 0.0629 e. The van der Waals surface area contributed by atoms with Gasteiger partial charge in [-0.15, -0.1) is 0 Å². The molecular formula is C15H27N3. The molecule has 0 atom stereocenters. The van der Waals surface area contributed by atoms with Crippen LogP contribution in [0, 0.1) is 19.8 Å². The average Bonchev–Trinajstić information content (AvgIpc) is 2.67. The molecule has 0 amide bonds. The van der Waals surface area contributed by atoms with Crippen molar-refractivity contribution in [1.29, 1.82) is 0 Å². The molecule has 2 N–H and O–H groups in total. The van der Waals surface area contributed by atoms with Crippen LogP contribution in [0.5, 0.6) is 0 Å². The van der Waals surface area contributed by atoms with Gasteiger partial charge in [-0.25, -0.2) is 0 Å². The Labute approximate surface area is 111 Å². The summed E-state index contributed by atoms with van der Waals surface area (Å²) in [6, 6.07) is 0.623. The zero-order chi connectivity index (χ0) is 13.1. The van der Waals surface area contributed by atoms with Gasteiger partial charge in [0.25, 0.3) is 0 Å². The van der Waals surface area contributed by atoms with Crippen LogP contribution < -0.4 is 5.73 Å². The van der Waals surface area contributed by atoms with E-state index in [9.17, 15) is 0 Å². The number of nitrogens with zero attached hydrogens (tertiary/aromatic N) is 2. The van der Waals surface area contributed by atoms with E-state index in [0.29, 0.717) is 6.04 Å². The Hall–Kier alpha value is -0.830. The number of nitrogens with two attached hydrogens (primary N) is 1. The van der Waals surface area contributed by atoms with E-state index in [1.807, 2.05) is 0 Å². The van der Waals surface area contributed by atoms with E-state index >= 15 is 0 Å². The Bertz CT molecular complexity index is 387. The van der Waals surface area contributed by atoms with Crippen LogP contribution in [-0.2, 0) is 6.42 Å². The van der Waals surface area contributed by atoms with E-state index in [0.717, 1.165) is 18.9 Å². The van der Waals surface area contributed by atoms with Gasteiger partial charge >= 0.3 is 0 Å². The van der Waals surface area contributed by atoms with Crippen LogP contribution in [0.4, 0.5) is 0 Å². The quantitative estimate of drug-likeness (QED) is 0.891. The number of rotatable bonds is 4. The molecule has 1 aromatic heterocycles. The zero-order valence-electron chi connectivity index (χ0n) is 12.1. The van der Waals surface area contributed by atoms with E-state index in [1.54, 1.807) is 0 Å². The largest absolute Gasteiger partial charge is 0.330 e.